The molecule has 0 aliphatic rings. The highest BCUT2D eigenvalue weighted by Gasteiger charge is 2.35. The fourth-order valence-electron chi connectivity index (χ4n) is 4.64. The summed E-state index contributed by atoms with van der Waals surface area (Å²) in [5, 5.41) is 1.27. The third-order valence-electron chi connectivity index (χ3n) is 6.97. The first-order valence-corrected chi connectivity index (χ1v) is 14.0. The third-order valence-corrected chi connectivity index (χ3v) is 9.12. The molecule has 3 rings (SSSR count). The summed E-state index contributed by atoms with van der Waals surface area (Å²) in [5.74, 6) is 2.32. The van der Waals surface area contributed by atoms with E-state index in [1.54, 1.807) is 14.2 Å². The van der Waals surface area contributed by atoms with E-state index in [9.17, 15) is 0 Å². The smallest absolute Gasteiger partial charge is 0.166 e. The number of benzene rings is 3. The van der Waals surface area contributed by atoms with E-state index in [2.05, 4.69) is 75.2 Å². The van der Waals surface area contributed by atoms with E-state index in [1.165, 1.54) is 23.8 Å². The summed E-state index contributed by atoms with van der Waals surface area (Å²) in [6.45, 7) is 8.36. The number of nitrogens with zero attached hydrogens (tertiary/aromatic N) is 1. The van der Waals surface area contributed by atoms with Crippen LogP contribution in [0.15, 0.2) is 66.7 Å². The van der Waals surface area contributed by atoms with Crippen LogP contribution in [0.1, 0.15) is 57.6 Å². The van der Waals surface area contributed by atoms with Crippen molar-refractivity contribution in [3.63, 3.8) is 0 Å². The van der Waals surface area contributed by atoms with Crippen molar-refractivity contribution in [3.8, 4) is 17.2 Å². The van der Waals surface area contributed by atoms with Crippen molar-refractivity contribution >= 4 is 19.6 Å². The maximum absolute atomic E-state index is 6.54. The monoisotopic (exact) mass is 507 g/mol. The van der Waals surface area contributed by atoms with Gasteiger partial charge in [-0.2, -0.15) is 0 Å². The highest BCUT2D eigenvalue weighted by Crippen LogP contribution is 2.54. The molecular weight excluding hydrogens is 465 g/mol. The Morgan fingerprint density at radius 3 is 2.19 bits per heavy atom. The molecule has 0 amide bonds. The Labute approximate surface area is 219 Å². The zero-order chi connectivity index (χ0) is 26.0. The SMILES string of the molecule is CCCCN(C)c1ccccc1PC(CC)(CC)c1cc(OC)cc(OC)c1OCc1ccccc1. The summed E-state index contributed by atoms with van der Waals surface area (Å²) in [4.78, 5) is 2.40. The zero-order valence-electron chi connectivity index (χ0n) is 22.8. The van der Waals surface area contributed by atoms with Gasteiger partial charge in [0.1, 0.15) is 12.4 Å². The lowest BCUT2D eigenvalue weighted by atomic mass is 9.91. The first kappa shape index (κ1) is 27.9. The average Bonchev–Trinajstić information content (AvgIpc) is 2.93. The summed E-state index contributed by atoms with van der Waals surface area (Å²) in [7, 11) is 6.19. The van der Waals surface area contributed by atoms with Gasteiger partial charge in [0.25, 0.3) is 0 Å². The molecule has 0 N–H and O–H groups in total. The van der Waals surface area contributed by atoms with E-state index in [4.69, 9.17) is 14.2 Å². The van der Waals surface area contributed by atoms with E-state index >= 15 is 0 Å². The van der Waals surface area contributed by atoms with Gasteiger partial charge >= 0.3 is 0 Å². The molecule has 0 saturated carbocycles. The molecule has 1 unspecified atom stereocenters. The minimum atomic E-state index is -0.116. The van der Waals surface area contributed by atoms with Crippen LogP contribution in [0.5, 0.6) is 17.2 Å². The van der Waals surface area contributed by atoms with Crippen molar-refractivity contribution < 1.29 is 14.2 Å². The van der Waals surface area contributed by atoms with Crippen LogP contribution in [0, 0.1) is 0 Å². The molecule has 5 heteroatoms. The Morgan fingerprint density at radius 1 is 0.861 bits per heavy atom. The molecule has 0 aromatic heterocycles. The number of hydrogen-bond acceptors (Lipinski definition) is 4. The number of para-hydroxylation sites is 1. The highest BCUT2D eigenvalue weighted by molar-refractivity contribution is 7.49. The van der Waals surface area contributed by atoms with E-state index in [1.807, 2.05) is 24.3 Å². The molecule has 1 atom stereocenters. The summed E-state index contributed by atoms with van der Waals surface area (Å²) >= 11 is 0. The van der Waals surface area contributed by atoms with Crippen molar-refractivity contribution in [1.29, 1.82) is 0 Å². The second kappa shape index (κ2) is 13.6. The second-order valence-corrected chi connectivity index (χ2v) is 10.9. The molecule has 3 aromatic carbocycles. The van der Waals surface area contributed by atoms with Crippen LogP contribution >= 0.6 is 8.58 Å². The van der Waals surface area contributed by atoms with Gasteiger partial charge < -0.3 is 19.1 Å². The summed E-state index contributed by atoms with van der Waals surface area (Å²) in [6.07, 6.45) is 4.33. The number of unbranched alkanes of at least 4 members (excludes halogenated alkanes) is 1. The van der Waals surface area contributed by atoms with Crippen LogP contribution < -0.4 is 24.4 Å². The average molecular weight is 508 g/mol. The standard InChI is InChI=1S/C31H42NO3P/c1-7-10-20-32(4)27-18-14-15-19-29(27)36-31(8-2,9-3)26-21-25(33-5)22-28(34-6)30(26)35-23-24-16-12-11-13-17-24/h11-19,21-22,36H,7-10,20,23H2,1-6H3. The van der Waals surface area contributed by atoms with Gasteiger partial charge in [-0.15, -0.1) is 0 Å². The van der Waals surface area contributed by atoms with Crippen LogP contribution in [0.4, 0.5) is 5.69 Å². The van der Waals surface area contributed by atoms with Crippen molar-refractivity contribution in [2.75, 3.05) is 32.7 Å². The lowest BCUT2D eigenvalue weighted by molar-refractivity contribution is 0.275. The number of ether oxygens (including phenoxy) is 3. The maximum Gasteiger partial charge on any atom is 0.166 e. The van der Waals surface area contributed by atoms with E-state index in [0.29, 0.717) is 20.9 Å². The fraction of sp³-hybridized carbons (Fsp3) is 0.419. The topological polar surface area (TPSA) is 30.9 Å². The molecule has 0 radical (unpaired) electrons. The third kappa shape index (κ3) is 6.53. The fourth-order valence-corrected chi connectivity index (χ4v) is 6.41. The molecule has 194 valence electrons. The zero-order valence-corrected chi connectivity index (χ0v) is 23.8. The highest BCUT2D eigenvalue weighted by atomic mass is 31.1. The van der Waals surface area contributed by atoms with Crippen LogP contribution in [-0.4, -0.2) is 27.8 Å². The van der Waals surface area contributed by atoms with Crippen LogP contribution in [0.3, 0.4) is 0 Å². The van der Waals surface area contributed by atoms with Gasteiger partial charge in [-0.05, 0) is 42.3 Å². The maximum atomic E-state index is 6.54. The summed E-state index contributed by atoms with van der Waals surface area (Å²) in [5.41, 5.74) is 3.60. The van der Waals surface area contributed by atoms with Gasteiger partial charge in [0.15, 0.2) is 11.5 Å². The minimum Gasteiger partial charge on any atom is -0.497 e. The van der Waals surface area contributed by atoms with Crippen LogP contribution in [0.25, 0.3) is 0 Å². The molecule has 0 fully saturated rings. The molecule has 0 bridgehead atoms. The van der Waals surface area contributed by atoms with E-state index in [-0.39, 0.29) is 5.16 Å². The molecular formula is C31H42NO3P. The van der Waals surface area contributed by atoms with Gasteiger partial charge in [0.2, 0.25) is 0 Å². The molecule has 4 nitrogen and oxygen atoms in total. The predicted molar refractivity (Wildman–Crippen MR) is 155 cm³/mol. The number of methoxy groups -OCH3 is 2. The van der Waals surface area contributed by atoms with Gasteiger partial charge in [-0.25, -0.2) is 0 Å². The molecule has 36 heavy (non-hydrogen) atoms. The van der Waals surface area contributed by atoms with Gasteiger partial charge in [-0.3, -0.25) is 0 Å². The Balaban J connectivity index is 2.09. The Hall–Kier alpha value is -2.71. The molecule has 0 saturated heterocycles. The number of rotatable bonds is 14. The van der Waals surface area contributed by atoms with E-state index < -0.39 is 0 Å². The van der Waals surface area contributed by atoms with Gasteiger partial charge in [-0.1, -0.05) is 84.3 Å². The largest absolute Gasteiger partial charge is 0.497 e. The lowest BCUT2D eigenvalue weighted by Gasteiger charge is -2.36. The van der Waals surface area contributed by atoms with Crippen LogP contribution in [-0.2, 0) is 11.8 Å². The van der Waals surface area contributed by atoms with Crippen molar-refractivity contribution in [2.45, 2.75) is 58.2 Å². The first-order valence-electron chi connectivity index (χ1n) is 13.0. The second-order valence-electron chi connectivity index (χ2n) is 9.19. The first-order chi connectivity index (χ1) is 17.5. The van der Waals surface area contributed by atoms with Gasteiger partial charge in [0.05, 0.1) is 14.2 Å². The molecule has 0 aliphatic heterocycles. The lowest BCUT2D eigenvalue weighted by Crippen LogP contribution is -2.27. The van der Waals surface area contributed by atoms with Crippen molar-refractivity contribution in [2.24, 2.45) is 0 Å². The molecule has 0 aliphatic carbocycles. The predicted octanol–water partition coefficient (Wildman–Crippen LogP) is 7.54. The van der Waals surface area contributed by atoms with Crippen LogP contribution in [0.2, 0.25) is 0 Å². The Kier molecular flexibility index (Phi) is 10.5. The van der Waals surface area contributed by atoms with E-state index in [0.717, 1.165) is 42.0 Å². The molecule has 0 spiro atoms. The van der Waals surface area contributed by atoms with Crippen molar-refractivity contribution in [3.05, 3.63) is 77.9 Å². The number of hydrogen-bond donors (Lipinski definition) is 0. The normalized spacial score (nSPS) is 11.6. The van der Waals surface area contributed by atoms with Gasteiger partial charge in [0, 0.05) is 36.1 Å². The van der Waals surface area contributed by atoms with Crippen molar-refractivity contribution in [1.82, 2.24) is 0 Å². The Morgan fingerprint density at radius 2 is 1.56 bits per heavy atom. The molecule has 0 heterocycles. The minimum absolute atomic E-state index is 0.116. The number of anilines is 1. The molecule has 3 aromatic rings. The Bertz CT molecular complexity index is 1080. The summed E-state index contributed by atoms with van der Waals surface area (Å²) < 4.78 is 18.1. The summed E-state index contributed by atoms with van der Waals surface area (Å²) in [6, 6.07) is 23.2. The quantitative estimate of drug-likeness (QED) is 0.211.